The van der Waals surface area contributed by atoms with Crippen LogP contribution in [0.25, 0.3) is 0 Å². The molecule has 0 heterocycles. The fourth-order valence-electron chi connectivity index (χ4n) is 2.82. The first-order valence-electron chi connectivity index (χ1n) is 8.37. The Labute approximate surface area is 128 Å². The number of amides is 1. The zero-order valence-corrected chi connectivity index (χ0v) is 12.9. The van der Waals surface area contributed by atoms with E-state index in [4.69, 9.17) is 0 Å². The molecule has 0 fully saturated rings. The summed E-state index contributed by atoms with van der Waals surface area (Å²) in [4.78, 5) is 12.3. The Bertz CT molecular complexity index is 450. The molecule has 21 heavy (non-hydrogen) atoms. The van der Waals surface area contributed by atoms with Gasteiger partial charge in [0.1, 0.15) is 0 Å². The molecule has 0 saturated carbocycles. The number of rotatable bonds is 3. The molecule has 2 heteroatoms. The molecule has 0 unspecified atom stereocenters. The highest BCUT2D eigenvalue weighted by Gasteiger charge is 2.09. The van der Waals surface area contributed by atoms with Crippen LogP contribution in [0.4, 0.5) is 0 Å². The Morgan fingerprint density at radius 3 is 2.33 bits per heavy atom. The minimum Gasteiger partial charge on any atom is -0.348 e. The number of benzene rings is 1. The molecular formula is C19H27NO. The molecule has 1 aliphatic carbocycles. The lowest BCUT2D eigenvalue weighted by atomic mass is 10.0. The van der Waals surface area contributed by atoms with Gasteiger partial charge in [-0.2, -0.15) is 0 Å². The van der Waals surface area contributed by atoms with Crippen LogP contribution in [-0.2, 0) is 11.3 Å². The molecule has 0 spiro atoms. The second-order valence-electron chi connectivity index (χ2n) is 5.91. The van der Waals surface area contributed by atoms with Gasteiger partial charge in [0, 0.05) is 12.1 Å². The SMILES string of the molecule is O=C(NCc1ccccc1)/C1=C/CCCCCCCCC1. The summed E-state index contributed by atoms with van der Waals surface area (Å²) in [5.74, 6) is 0.123. The summed E-state index contributed by atoms with van der Waals surface area (Å²) in [6, 6.07) is 10.1. The van der Waals surface area contributed by atoms with Crippen molar-refractivity contribution in [3.8, 4) is 0 Å². The molecule has 0 saturated heterocycles. The van der Waals surface area contributed by atoms with Crippen molar-refractivity contribution in [3.05, 3.63) is 47.5 Å². The summed E-state index contributed by atoms with van der Waals surface area (Å²) < 4.78 is 0. The molecule has 2 nitrogen and oxygen atoms in total. The second kappa shape index (κ2) is 9.38. The average molecular weight is 285 g/mol. The molecule has 1 aromatic rings. The minimum atomic E-state index is 0.123. The number of allylic oxidation sites excluding steroid dienone is 1. The van der Waals surface area contributed by atoms with Crippen molar-refractivity contribution < 1.29 is 4.79 Å². The molecule has 1 aliphatic rings. The molecule has 1 amide bonds. The summed E-state index contributed by atoms with van der Waals surface area (Å²) in [7, 11) is 0. The molecule has 0 bridgehead atoms. The lowest BCUT2D eigenvalue weighted by Gasteiger charge is -2.09. The number of hydrogen-bond donors (Lipinski definition) is 1. The fourth-order valence-corrected chi connectivity index (χ4v) is 2.82. The third-order valence-electron chi connectivity index (χ3n) is 4.13. The van der Waals surface area contributed by atoms with Crippen molar-refractivity contribution in [1.29, 1.82) is 0 Å². The first kappa shape index (κ1) is 15.8. The molecular weight excluding hydrogens is 258 g/mol. The quantitative estimate of drug-likeness (QED) is 0.852. The Kier molecular flexibility index (Phi) is 7.06. The molecule has 2 rings (SSSR count). The van der Waals surface area contributed by atoms with Crippen LogP contribution in [0.2, 0.25) is 0 Å². The van der Waals surface area contributed by atoms with Crippen LogP contribution in [0.5, 0.6) is 0 Å². The number of carbonyl (C=O) groups is 1. The summed E-state index contributed by atoms with van der Waals surface area (Å²) in [5, 5.41) is 3.06. The van der Waals surface area contributed by atoms with Gasteiger partial charge in [-0.15, -0.1) is 0 Å². The minimum absolute atomic E-state index is 0.123. The number of hydrogen-bond acceptors (Lipinski definition) is 1. The van der Waals surface area contributed by atoms with Gasteiger partial charge in [0.2, 0.25) is 5.91 Å². The first-order valence-corrected chi connectivity index (χ1v) is 8.37. The van der Waals surface area contributed by atoms with Crippen LogP contribution in [0.15, 0.2) is 42.0 Å². The van der Waals surface area contributed by atoms with Crippen molar-refractivity contribution >= 4 is 5.91 Å². The van der Waals surface area contributed by atoms with Crippen molar-refractivity contribution in [2.24, 2.45) is 0 Å². The van der Waals surface area contributed by atoms with E-state index in [0.29, 0.717) is 6.54 Å². The summed E-state index contributed by atoms with van der Waals surface area (Å²) in [6.07, 6.45) is 13.1. The third-order valence-corrected chi connectivity index (χ3v) is 4.13. The van der Waals surface area contributed by atoms with Crippen molar-refractivity contribution in [2.45, 2.75) is 64.3 Å². The molecule has 0 atom stereocenters. The van der Waals surface area contributed by atoms with E-state index in [-0.39, 0.29) is 5.91 Å². The maximum absolute atomic E-state index is 12.3. The fraction of sp³-hybridized carbons (Fsp3) is 0.526. The predicted molar refractivity (Wildman–Crippen MR) is 87.9 cm³/mol. The van der Waals surface area contributed by atoms with Crippen molar-refractivity contribution in [1.82, 2.24) is 5.32 Å². The highest BCUT2D eigenvalue weighted by molar-refractivity contribution is 5.93. The zero-order valence-electron chi connectivity index (χ0n) is 12.9. The van der Waals surface area contributed by atoms with E-state index in [9.17, 15) is 4.79 Å². The van der Waals surface area contributed by atoms with Gasteiger partial charge in [0.25, 0.3) is 0 Å². The van der Waals surface area contributed by atoms with Crippen LogP contribution in [0.1, 0.15) is 63.4 Å². The highest BCUT2D eigenvalue weighted by atomic mass is 16.1. The van der Waals surface area contributed by atoms with Gasteiger partial charge in [0.05, 0.1) is 0 Å². The lowest BCUT2D eigenvalue weighted by molar-refractivity contribution is -0.117. The average Bonchev–Trinajstić information content (AvgIpc) is 2.59. The summed E-state index contributed by atoms with van der Waals surface area (Å²) in [6.45, 7) is 0.622. The predicted octanol–water partition coefficient (Wildman–Crippen LogP) is 4.75. The maximum Gasteiger partial charge on any atom is 0.247 e. The van der Waals surface area contributed by atoms with Crippen LogP contribution < -0.4 is 5.32 Å². The Morgan fingerprint density at radius 2 is 1.57 bits per heavy atom. The van der Waals surface area contributed by atoms with Gasteiger partial charge in [-0.1, -0.05) is 68.5 Å². The van der Waals surface area contributed by atoms with Crippen molar-refractivity contribution in [3.63, 3.8) is 0 Å². The van der Waals surface area contributed by atoms with Crippen molar-refractivity contribution in [2.75, 3.05) is 0 Å². The summed E-state index contributed by atoms with van der Waals surface area (Å²) >= 11 is 0. The van der Waals surface area contributed by atoms with Gasteiger partial charge in [-0.25, -0.2) is 0 Å². The van der Waals surface area contributed by atoms with Gasteiger partial charge in [0.15, 0.2) is 0 Å². The van der Waals surface area contributed by atoms with Gasteiger partial charge < -0.3 is 5.32 Å². The Balaban J connectivity index is 1.86. The largest absolute Gasteiger partial charge is 0.348 e. The van der Waals surface area contributed by atoms with E-state index in [0.717, 1.165) is 30.4 Å². The van der Waals surface area contributed by atoms with Gasteiger partial charge in [-0.3, -0.25) is 4.79 Å². The van der Waals surface area contributed by atoms with E-state index < -0.39 is 0 Å². The van der Waals surface area contributed by atoms with E-state index in [2.05, 4.69) is 11.4 Å². The van der Waals surface area contributed by atoms with Crippen LogP contribution in [-0.4, -0.2) is 5.91 Å². The Morgan fingerprint density at radius 1 is 0.905 bits per heavy atom. The van der Waals surface area contributed by atoms with Gasteiger partial charge in [-0.05, 0) is 31.2 Å². The molecule has 1 aromatic carbocycles. The molecule has 0 radical (unpaired) electrons. The second-order valence-corrected chi connectivity index (χ2v) is 5.91. The molecule has 114 valence electrons. The van der Waals surface area contributed by atoms with Crippen LogP contribution in [0.3, 0.4) is 0 Å². The normalized spacial score (nSPS) is 19.9. The molecule has 0 aliphatic heterocycles. The van der Waals surface area contributed by atoms with Gasteiger partial charge >= 0.3 is 0 Å². The zero-order chi connectivity index (χ0) is 14.8. The van der Waals surface area contributed by atoms with E-state index >= 15 is 0 Å². The first-order chi connectivity index (χ1) is 10.4. The molecule has 0 aromatic heterocycles. The van der Waals surface area contributed by atoms with Crippen LogP contribution in [0, 0.1) is 0 Å². The van der Waals surface area contributed by atoms with Crippen LogP contribution >= 0.6 is 0 Å². The molecule has 1 N–H and O–H groups in total. The number of nitrogens with one attached hydrogen (secondary N) is 1. The Hall–Kier alpha value is -1.57. The lowest BCUT2D eigenvalue weighted by Crippen LogP contribution is -2.24. The smallest absolute Gasteiger partial charge is 0.247 e. The maximum atomic E-state index is 12.3. The van der Waals surface area contributed by atoms with E-state index in [1.165, 1.54) is 38.5 Å². The monoisotopic (exact) mass is 285 g/mol. The standard InChI is InChI=1S/C19H27NO/c21-19(20-16-17-12-8-7-9-13-17)18-14-10-5-3-1-2-4-6-11-15-18/h7-9,12-14H,1-6,10-11,15-16H2,(H,20,21)/b18-14+. The number of carbonyl (C=O) groups excluding carboxylic acids is 1. The highest BCUT2D eigenvalue weighted by Crippen LogP contribution is 2.17. The third kappa shape index (κ3) is 6.16. The topological polar surface area (TPSA) is 29.1 Å². The van der Waals surface area contributed by atoms with E-state index in [1.54, 1.807) is 0 Å². The summed E-state index contributed by atoms with van der Waals surface area (Å²) in [5.41, 5.74) is 2.15. The van der Waals surface area contributed by atoms with E-state index in [1.807, 2.05) is 30.3 Å².